The molecule has 0 saturated carbocycles. The molecule has 8 nitrogen and oxygen atoms in total. The van der Waals surface area contributed by atoms with E-state index in [0.29, 0.717) is 36.9 Å². The summed E-state index contributed by atoms with van der Waals surface area (Å²) in [4.78, 5) is 24.7. The highest BCUT2D eigenvalue weighted by atomic mass is 32.1. The number of carbonyl (C=O) groups excluding carboxylic acids is 2. The molecule has 0 fully saturated rings. The summed E-state index contributed by atoms with van der Waals surface area (Å²) >= 11 is 5.10. The number of ether oxygens (including phenoxy) is 3. The van der Waals surface area contributed by atoms with E-state index in [1.54, 1.807) is 30.3 Å². The van der Waals surface area contributed by atoms with Crippen LogP contribution in [0.3, 0.4) is 0 Å². The molecular formula is C26H27N3O5S. The molecule has 2 amide bonds. The van der Waals surface area contributed by atoms with Gasteiger partial charge in [0.2, 0.25) is 0 Å². The number of nitrogens with one attached hydrogen (secondary N) is 3. The van der Waals surface area contributed by atoms with Gasteiger partial charge in [0.05, 0.1) is 6.61 Å². The molecule has 182 valence electrons. The van der Waals surface area contributed by atoms with Crippen LogP contribution >= 0.6 is 12.2 Å². The van der Waals surface area contributed by atoms with Gasteiger partial charge >= 0.3 is 0 Å². The quantitative estimate of drug-likeness (QED) is 0.226. The summed E-state index contributed by atoms with van der Waals surface area (Å²) in [6.45, 7) is 3.11. The standard InChI is InChI=1S/C26H27N3O5S/c1-2-32-15-16-33-21-12-8-11-20(17-21)25(31)27-26(35)29-28-24(30)18-34-23-14-7-6-13-22(23)19-9-4-3-5-10-19/h3-14,17H,2,15-16,18H2,1H3,(H,28,30)(H2,27,29,31,35). The summed E-state index contributed by atoms with van der Waals surface area (Å²) in [5.74, 6) is 0.208. The van der Waals surface area contributed by atoms with Crippen molar-refractivity contribution in [3.63, 3.8) is 0 Å². The predicted molar refractivity (Wildman–Crippen MR) is 137 cm³/mol. The Hall–Kier alpha value is -3.95. The minimum absolute atomic E-state index is 0.0595. The summed E-state index contributed by atoms with van der Waals surface area (Å²) in [6, 6.07) is 23.9. The van der Waals surface area contributed by atoms with Crippen LogP contribution < -0.4 is 25.6 Å². The highest BCUT2D eigenvalue weighted by Gasteiger charge is 2.11. The summed E-state index contributed by atoms with van der Waals surface area (Å²) < 4.78 is 16.5. The third kappa shape index (κ3) is 8.40. The molecule has 0 aliphatic heterocycles. The molecule has 3 aromatic rings. The molecule has 0 atom stereocenters. The molecule has 0 heterocycles. The number of benzene rings is 3. The summed E-state index contributed by atoms with van der Waals surface area (Å²) in [5, 5.41) is 2.45. The molecule has 3 aromatic carbocycles. The van der Waals surface area contributed by atoms with Gasteiger partial charge < -0.3 is 14.2 Å². The Morgan fingerprint density at radius 2 is 1.63 bits per heavy atom. The van der Waals surface area contributed by atoms with Crippen LogP contribution in [0.5, 0.6) is 11.5 Å². The van der Waals surface area contributed by atoms with Crippen molar-refractivity contribution in [1.29, 1.82) is 0 Å². The van der Waals surface area contributed by atoms with Gasteiger partial charge in [-0.2, -0.15) is 0 Å². The fourth-order valence-corrected chi connectivity index (χ4v) is 3.19. The van der Waals surface area contributed by atoms with E-state index in [0.717, 1.165) is 11.1 Å². The fourth-order valence-electron chi connectivity index (χ4n) is 3.05. The lowest BCUT2D eigenvalue weighted by Crippen LogP contribution is -2.49. The van der Waals surface area contributed by atoms with Gasteiger partial charge in [-0.25, -0.2) is 0 Å². The second-order valence-electron chi connectivity index (χ2n) is 7.18. The van der Waals surface area contributed by atoms with Crippen LogP contribution in [0.1, 0.15) is 17.3 Å². The number of rotatable bonds is 10. The first-order valence-electron chi connectivity index (χ1n) is 11.0. The van der Waals surface area contributed by atoms with E-state index in [4.69, 9.17) is 26.4 Å². The Labute approximate surface area is 209 Å². The fraction of sp³-hybridized carbons (Fsp3) is 0.192. The first kappa shape index (κ1) is 25.7. The molecule has 0 radical (unpaired) electrons. The Morgan fingerprint density at radius 3 is 2.43 bits per heavy atom. The van der Waals surface area contributed by atoms with Gasteiger partial charge in [0.25, 0.3) is 11.8 Å². The van der Waals surface area contributed by atoms with E-state index >= 15 is 0 Å². The average molecular weight is 494 g/mol. The second-order valence-corrected chi connectivity index (χ2v) is 7.59. The highest BCUT2D eigenvalue weighted by Crippen LogP contribution is 2.29. The Balaban J connectivity index is 1.44. The number of hydrogen-bond donors (Lipinski definition) is 3. The van der Waals surface area contributed by atoms with Gasteiger partial charge in [-0.05, 0) is 49.0 Å². The molecule has 0 spiro atoms. The summed E-state index contributed by atoms with van der Waals surface area (Å²) in [6.07, 6.45) is 0. The third-order valence-electron chi connectivity index (χ3n) is 4.67. The Bertz CT molecular complexity index is 1140. The van der Waals surface area contributed by atoms with Gasteiger partial charge in [-0.1, -0.05) is 54.6 Å². The van der Waals surface area contributed by atoms with Crippen molar-refractivity contribution >= 4 is 29.1 Å². The average Bonchev–Trinajstić information content (AvgIpc) is 2.89. The molecule has 0 aliphatic rings. The van der Waals surface area contributed by atoms with Crippen molar-refractivity contribution in [3.05, 3.63) is 84.4 Å². The molecule has 3 N–H and O–H groups in total. The lowest BCUT2D eigenvalue weighted by Gasteiger charge is -2.13. The number of hydrogen-bond acceptors (Lipinski definition) is 6. The van der Waals surface area contributed by atoms with E-state index in [-0.39, 0.29) is 11.7 Å². The Morgan fingerprint density at radius 1 is 0.857 bits per heavy atom. The van der Waals surface area contributed by atoms with Crippen molar-refractivity contribution < 1.29 is 23.8 Å². The van der Waals surface area contributed by atoms with Crippen LogP contribution in [0.2, 0.25) is 0 Å². The van der Waals surface area contributed by atoms with Gasteiger partial charge in [-0.15, -0.1) is 0 Å². The lowest BCUT2D eigenvalue weighted by molar-refractivity contribution is -0.123. The maximum absolute atomic E-state index is 12.5. The summed E-state index contributed by atoms with van der Waals surface area (Å²) in [5.41, 5.74) is 7.13. The van der Waals surface area contributed by atoms with Crippen molar-refractivity contribution in [2.75, 3.05) is 26.4 Å². The molecule has 3 rings (SSSR count). The van der Waals surface area contributed by atoms with Crippen LogP contribution in [0.4, 0.5) is 0 Å². The first-order valence-corrected chi connectivity index (χ1v) is 11.5. The minimum atomic E-state index is -0.464. The number of hydrazine groups is 1. The predicted octanol–water partition coefficient (Wildman–Crippen LogP) is 3.48. The molecule has 9 heteroatoms. The number of amides is 2. The number of thiocarbonyl (C=S) groups is 1. The lowest BCUT2D eigenvalue weighted by atomic mass is 10.1. The van der Waals surface area contributed by atoms with Crippen molar-refractivity contribution in [2.45, 2.75) is 6.92 Å². The summed E-state index contributed by atoms with van der Waals surface area (Å²) in [7, 11) is 0. The van der Waals surface area contributed by atoms with E-state index < -0.39 is 11.8 Å². The topological polar surface area (TPSA) is 97.9 Å². The molecule has 0 aliphatic carbocycles. The normalized spacial score (nSPS) is 10.2. The van der Waals surface area contributed by atoms with E-state index in [1.807, 2.05) is 55.5 Å². The van der Waals surface area contributed by atoms with E-state index in [9.17, 15) is 9.59 Å². The zero-order valence-electron chi connectivity index (χ0n) is 19.3. The van der Waals surface area contributed by atoms with Gasteiger partial charge in [0.1, 0.15) is 18.1 Å². The van der Waals surface area contributed by atoms with E-state index in [1.165, 1.54) is 0 Å². The van der Waals surface area contributed by atoms with Gasteiger partial charge in [0.15, 0.2) is 11.7 Å². The zero-order valence-corrected chi connectivity index (χ0v) is 20.1. The van der Waals surface area contributed by atoms with Crippen LogP contribution in [0, 0.1) is 0 Å². The SMILES string of the molecule is CCOCCOc1cccc(C(=O)NC(=S)NNC(=O)COc2ccccc2-c2ccccc2)c1. The largest absolute Gasteiger partial charge is 0.491 e. The molecule has 0 bridgehead atoms. The zero-order chi connectivity index (χ0) is 24.9. The first-order chi connectivity index (χ1) is 17.1. The van der Waals surface area contributed by atoms with Crippen molar-refractivity contribution in [3.8, 4) is 22.6 Å². The van der Waals surface area contributed by atoms with Crippen LogP contribution in [0.15, 0.2) is 78.9 Å². The van der Waals surface area contributed by atoms with Crippen molar-refractivity contribution in [2.24, 2.45) is 0 Å². The molecular weight excluding hydrogens is 466 g/mol. The van der Waals surface area contributed by atoms with Gasteiger partial charge in [-0.3, -0.25) is 25.8 Å². The number of carbonyl (C=O) groups is 2. The van der Waals surface area contributed by atoms with Gasteiger partial charge in [0, 0.05) is 17.7 Å². The smallest absolute Gasteiger partial charge is 0.276 e. The molecule has 0 unspecified atom stereocenters. The maximum atomic E-state index is 12.5. The molecule has 0 aromatic heterocycles. The maximum Gasteiger partial charge on any atom is 0.276 e. The van der Waals surface area contributed by atoms with Crippen LogP contribution in [0.25, 0.3) is 11.1 Å². The van der Waals surface area contributed by atoms with E-state index in [2.05, 4.69) is 16.2 Å². The molecule has 35 heavy (non-hydrogen) atoms. The monoisotopic (exact) mass is 493 g/mol. The Kier molecular flexibility index (Phi) is 10.0. The highest BCUT2D eigenvalue weighted by molar-refractivity contribution is 7.80. The second kappa shape index (κ2) is 13.7. The van der Waals surface area contributed by atoms with Crippen LogP contribution in [-0.2, 0) is 9.53 Å². The minimum Gasteiger partial charge on any atom is -0.491 e. The van der Waals surface area contributed by atoms with Crippen LogP contribution in [-0.4, -0.2) is 43.4 Å². The van der Waals surface area contributed by atoms with Crippen molar-refractivity contribution in [1.82, 2.24) is 16.2 Å². The number of para-hydroxylation sites is 1. The third-order valence-corrected chi connectivity index (χ3v) is 4.87. The molecule has 0 saturated heterocycles.